The van der Waals surface area contributed by atoms with Crippen molar-refractivity contribution in [3.05, 3.63) is 72.2 Å². The van der Waals surface area contributed by atoms with Gasteiger partial charge in [-0.1, -0.05) is 0 Å². The van der Waals surface area contributed by atoms with Crippen molar-refractivity contribution < 1.29 is 13.6 Å². The second kappa shape index (κ2) is 8.43. The highest BCUT2D eigenvalue weighted by Crippen LogP contribution is 2.36. The number of hydrogen-bond acceptors (Lipinski definition) is 9. The number of rotatable bonds is 6. The van der Waals surface area contributed by atoms with Gasteiger partial charge in [-0.05, 0) is 49.7 Å². The lowest BCUT2D eigenvalue weighted by molar-refractivity contribution is 0.433. The molecule has 3 heterocycles. The third-order valence-electron chi connectivity index (χ3n) is 5.18. The van der Waals surface area contributed by atoms with E-state index in [1.807, 2.05) is 44.2 Å². The fourth-order valence-corrected chi connectivity index (χ4v) is 3.60. The summed E-state index contributed by atoms with van der Waals surface area (Å²) in [6.07, 6.45) is 6.34. The Labute approximate surface area is 188 Å². The first-order valence-electron chi connectivity index (χ1n) is 10.1. The summed E-state index contributed by atoms with van der Waals surface area (Å²) in [5, 5.41) is 13.1. The van der Waals surface area contributed by atoms with Crippen LogP contribution in [0.3, 0.4) is 0 Å². The second-order valence-electron chi connectivity index (χ2n) is 7.38. The predicted molar refractivity (Wildman–Crippen MR) is 120 cm³/mol. The molecule has 0 spiro atoms. The summed E-state index contributed by atoms with van der Waals surface area (Å²) in [5.74, 6) is 1.64. The molecule has 0 aliphatic heterocycles. The molecule has 0 saturated heterocycles. The van der Waals surface area contributed by atoms with E-state index in [0.717, 1.165) is 33.3 Å². The lowest BCUT2D eigenvalue weighted by Gasteiger charge is -2.12. The standard InChI is InChI=1S/C24H18N6O3/c1-14-9-19-17(7-8-25)11-31-22(19)15(2)21(14)33-24-28-12-27-23(30-24)29-18-5-3-16(4-6-18)20-10-26-13-32-20/h3-6,9-13H,7H2,1-2H3,(H,27,28,29,30). The summed E-state index contributed by atoms with van der Waals surface area (Å²) in [6, 6.07) is 11.9. The van der Waals surface area contributed by atoms with Gasteiger partial charge in [0.25, 0.3) is 0 Å². The average molecular weight is 438 g/mol. The SMILES string of the molecule is Cc1cc2c(CC#N)coc2c(C)c1Oc1ncnc(Nc2ccc(-c3cnco3)cc2)n1. The quantitative estimate of drug-likeness (QED) is 0.366. The highest BCUT2D eigenvalue weighted by atomic mass is 16.5. The van der Waals surface area contributed by atoms with Gasteiger partial charge < -0.3 is 18.9 Å². The highest BCUT2D eigenvalue weighted by molar-refractivity contribution is 5.87. The van der Waals surface area contributed by atoms with E-state index in [9.17, 15) is 0 Å². The Hall–Kier alpha value is -4.71. The normalized spacial score (nSPS) is 10.8. The third kappa shape index (κ3) is 3.97. The van der Waals surface area contributed by atoms with E-state index in [1.165, 1.54) is 12.7 Å². The summed E-state index contributed by atoms with van der Waals surface area (Å²) >= 11 is 0. The molecule has 0 atom stereocenters. The molecule has 5 aromatic rings. The number of benzene rings is 2. The fourth-order valence-electron chi connectivity index (χ4n) is 3.60. The van der Waals surface area contributed by atoms with Gasteiger partial charge in [-0.15, -0.1) is 0 Å². The molecule has 0 saturated carbocycles. The first-order chi connectivity index (χ1) is 16.1. The van der Waals surface area contributed by atoms with Crippen molar-refractivity contribution in [2.45, 2.75) is 20.3 Å². The summed E-state index contributed by atoms with van der Waals surface area (Å²) in [4.78, 5) is 16.6. The monoisotopic (exact) mass is 438 g/mol. The Kier molecular flexibility index (Phi) is 5.16. The Morgan fingerprint density at radius 1 is 1.12 bits per heavy atom. The first-order valence-corrected chi connectivity index (χ1v) is 10.1. The summed E-state index contributed by atoms with van der Waals surface area (Å²) in [5.41, 5.74) is 4.94. The number of fused-ring (bicyclic) bond motifs is 1. The molecular weight excluding hydrogens is 420 g/mol. The van der Waals surface area contributed by atoms with Crippen molar-refractivity contribution in [1.82, 2.24) is 19.9 Å². The van der Waals surface area contributed by atoms with Crippen LogP contribution in [0.15, 0.2) is 64.3 Å². The smallest absolute Gasteiger partial charge is 0.326 e. The number of ether oxygens (including phenoxy) is 1. The fraction of sp³-hybridized carbons (Fsp3) is 0.125. The maximum atomic E-state index is 9.02. The van der Waals surface area contributed by atoms with Crippen LogP contribution in [-0.4, -0.2) is 19.9 Å². The number of aromatic nitrogens is 4. The van der Waals surface area contributed by atoms with Crippen molar-refractivity contribution in [2.75, 3.05) is 5.32 Å². The predicted octanol–water partition coefficient (Wildman–Crippen LogP) is 5.49. The Morgan fingerprint density at radius 3 is 2.73 bits per heavy atom. The Balaban J connectivity index is 1.38. The molecule has 0 aliphatic rings. The van der Waals surface area contributed by atoms with Crippen molar-refractivity contribution in [3.8, 4) is 29.2 Å². The van der Waals surface area contributed by atoms with Crippen LogP contribution in [0, 0.1) is 25.2 Å². The van der Waals surface area contributed by atoms with Gasteiger partial charge in [-0.25, -0.2) is 9.97 Å². The van der Waals surface area contributed by atoms with Crippen molar-refractivity contribution in [3.63, 3.8) is 0 Å². The average Bonchev–Trinajstić information content (AvgIpc) is 3.49. The first kappa shape index (κ1) is 20.2. The molecule has 5 rings (SSSR count). The van der Waals surface area contributed by atoms with E-state index in [-0.39, 0.29) is 12.4 Å². The zero-order valence-corrected chi connectivity index (χ0v) is 17.9. The number of furan rings is 1. The maximum absolute atomic E-state index is 9.02. The number of nitriles is 1. The summed E-state index contributed by atoms with van der Waals surface area (Å²) in [6.45, 7) is 3.84. The topological polar surface area (TPSA) is 123 Å². The molecule has 0 aliphatic carbocycles. The van der Waals surface area contributed by atoms with Crippen LogP contribution in [0.25, 0.3) is 22.3 Å². The van der Waals surface area contributed by atoms with Gasteiger partial charge in [-0.2, -0.15) is 15.2 Å². The summed E-state index contributed by atoms with van der Waals surface area (Å²) < 4.78 is 17.0. The van der Waals surface area contributed by atoms with Crippen LogP contribution in [-0.2, 0) is 6.42 Å². The van der Waals surface area contributed by atoms with Crippen LogP contribution in [0.1, 0.15) is 16.7 Å². The van der Waals surface area contributed by atoms with Gasteiger partial charge in [0, 0.05) is 27.8 Å². The van der Waals surface area contributed by atoms with Gasteiger partial charge in [0.15, 0.2) is 12.2 Å². The molecular formula is C24H18N6O3. The van der Waals surface area contributed by atoms with Gasteiger partial charge in [0.05, 0.1) is 25.0 Å². The molecule has 0 radical (unpaired) electrons. The second-order valence-corrected chi connectivity index (χ2v) is 7.38. The Bertz CT molecular complexity index is 1470. The minimum atomic E-state index is 0.153. The molecule has 33 heavy (non-hydrogen) atoms. The van der Waals surface area contributed by atoms with E-state index in [2.05, 4.69) is 31.3 Å². The molecule has 2 aromatic carbocycles. The number of nitrogens with zero attached hydrogens (tertiary/aromatic N) is 5. The Morgan fingerprint density at radius 2 is 1.97 bits per heavy atom. The minimum Gasteiger partial charge on any atom is -0.464 e. The molecule has 162 valence electrons. The van der Waals surface area contributed by atoms with Crippen LogP contribution < -0.4 is 10.1 Å². The van der Waals surface area contributed by atoms with Crippen molar-refractivity contribution in [2.24, 2.45) is 0 Å². The highest BCUT2D eigenvalue weighted by Gasteiger charge is 2.17. The molecule has 0 unspecified atom stereocenters. The number of aryl methyl sites for hydroxylation is 2. The molecule has 9 nitrogen and oxygen atoms in total. The largest absolute Gasteiger partial charge is 0.464 e. The summed E-state index contributed by atoms with van der Waals surface area (Å²) in [7, 11) is 0. The lowest BCUT2D eigenvalue weighted by atomic mass is 10.0. The molecule has 9 heteroatoms. The van der Waals surface area contributed by atoms with Crippen molar-refractivity contribution in [1.29, 1.82) is 5.26 Å². The van der Waals surface area contributed by atoms with Gasteiger partial charge in [0.2, 0.25) is 5.95 Å². The molecule has 1 N–H and O–H groups in total. The van der Waals surface area contributed by atoms with E-state index < -0.39 is 0 Å². The zero-order chi connectivity index (χ0) is 22.8. The van der Waals surface area contributed by atoms with E-state index >= 15 is 0 Å². The van der Waals surface area contributed by atoms with E-state index in [4.69, 9.17) is 18.8 Å². The van der Waals surface area contributed by atoms with Crippen LogP contribution in [0.5, 0.6) is 11.8 Å². The minimum absolute atomic E-state index is 0.153. The van der Waals surface area contributed by atoms with Crippen molar-refractivity contribution >= 4 is 22.6 Å². The van der Waals surface area contributed by atoms with Gasteiger partial charge in [0.1, 0.15) is 17.7 Å². The molecule has 3 aromatic heterocycles. The lowest BCUT2D eigenvalue weighted by Crippen LogP contribution is -2.01. The number of anilines is 2. The number of nitrogens with one attached hydrogen (secondary N) is 1. The van der Waals surface area contributed by atoms with E-state index in [1.54, 1.807) is 12.5 Å². The third-order valence-corrected chi connectivity index (χ3v) is 5.18. The van der Waals surface area contributed by atoms with Crippen LogP contribution in [0.2, 0.25) is 0 Å². The molecule has 0 fully saturated rings. The van der Waals surface area contributed by atoms with Crippen LogP contribution >= 0.6 is 0 Å². The zero-order valence-electron chi connectivity index (χ0n) is 17.9. The number of hydrogen-bond donors (Lipinski definition) is 1. The maximum Gasteiger partial charge on any atom is 0.326 e. The van der Waals surface area contributed by atoms with Crippen LogP contribution in [0.4, 0.5) is 11.6 Å². The van der Waals surface area contributed by atoms with E-state index in [0.29, 0.717) is 23.0 Å². The van der Waals surface area contributed by atoms with Gasteiger partial charge >= 0.3 is 6.01 Å². The molecule has 0 amide bonds. The number of oxazole rings is 1. The molecule has 0 bridgehead atoms. The van der Waals surface area contributed by atoms with Gasteiger partial charge in [-0.3, -0.25) is 0 Å².